The number of anilines is 1. The van der Waals surface area contributed by atoms with E-state index in [9.17, 15) is 19.5 Å². The van der Waals surface area contributed by atoms with Crippen molar-refractivity contribution in [3.63, 3.8) is 0 Å². The number of aryl methyl sites for hydroxylation is 1. The normalized spacial score (nSPS) is 16.3. The first-order valence-corrected chi connectivity index (χ1v) is 13.9. The largest absolute Gasteiger partial charge is 0.507 e. The number of rotatable bonds is 11. The van der Waals surface area contributed by atoms with Gasteiger partial charge in [-0.2, -0.15) is 0 Å². The van der Waals surface area contributed by atoms with Crippen LogP contribution in [0.25, 0.3) is 5.76 Å². The van der Waals surface area contributed by atoms with Gasteiger partial charge in [0, 0.05) is 5.56 Å². The summed E-state index contributed by atoms with van der Waals surface area (Å²) in [4.78, 5) is 45.1. The monoisotopic (exact) mass is 564 g/mol. The lowest BCUT2D eigenvalue weighted by atomic mass is 9.95. The minimum atomic E-state index is -1.01. The van der Waals surface area contributed by atoms with Crippen LogP contribution in [0.2, 0.25) is 0 Å². The van der Waals surface area contributed by atoms with E-state index in [0.717, 1.165) is 30.6 Å². The van der Waals surface area contributed by atoms with Crippen molar-refractivity contribution >= 4 is 39.9 Å². The fourth-order valence-electron chi connectivity index (χ4n) is 4.46. The molecule has 2 heterocycles. The maximum absolute atomic E-state index is 13.5. The molecule has 1 saturated heterocycles. The maximum Gasteiger partial charge on any atom is 0.350 e. The lowest BCUT2D eigenvalue weighted by Crippen LogP contribution is -2.29. The summed E-state index contributed by atoms with van der Waals surface area (Å²) < 4.78 is 16.3. The van der Waals surface area contributed by atoms with Crippen molar-refractivity contribution < 1.29 is 33.7 Å². The summed E-state index contributed by atoms with van der Waals surface area (Å²) in [6, 6.07) is 12.7. The molecule has 1 aliphatic rings. The van der Waals surface area contributed by atoms with Gasteiger partial charge in [-0.15, -0.1) is 0 Å². The number of aromatic nitrogens is 1. The molecular formula is C30H32N2O7S. The van der Waals surface area contributed by atoms with Crippen LogP contribution in [-0.2, 0) is 14.3 Å². The maximum atomic E-state index is 13.5. The van der Waals surface area contributed by atoms with Gasteiger partial charge in [0.1, 0.15) is 22.1 Å². The van der Waals surface area contributed by atoms with E-state index in [1.54, 1.807) is 55.5 Å². The predicted octanol–water partition coefficient (Wildman–Crippen LogP) is 5.83. The highest BCUT2D eigenvalue weighted by atomic mass is 32.1. The molecule has 9 nitrogen and oxygen atoms in total. The highest BCUT2D eigenvalue weighted by Gasteiger charge is 2.48. The van der Waals surface area contributed by atoms with E-state index in [1.165, 1.54) is 12.0 Å². The number of Topliss-reactive ketones (excluding diaryl/α,β-unsaturated/α-hetero) is 1. The third-order valence-corrected chi connectivity index (χ3v) is 7.57. The van der Waals surface area contributed by atoms with Crippen LogP contribution >= 0.6 is 11.3 Å². The van der Waals surface area contributed by atoms with Crippen LogP contribution < -0.4 is 14.4 Å². The van der Waals surface area contributed by atoms with E-state index in [2.05, 4.69) is 11.9 Å². The molecule has 0 aliphatic carbocycles. The number of thiazole rings is 1. The van der Waals surface area contributed by atoms with Gasteiger partial charge in [-0.1, -0.05) is 43.2 Å². The van der Waals surface area contributed by atoms with E-state index in [4.69, 9.17) is 14.2 Å². The Bertz CT molecular complexity index is 1430. The van der Waals surface area contributed by atoms with Gasteiger partial charge in [0.25, 0.3) is 5.78 Å². The Morgan fingerprint density at radius 2 is 1.80 bits per heavy atom. The van der Waals surface area contributed by atoms with Crippen LogP contribution in [0.4, 0.5) is 5.13 Å². The molecule has 10 heteroatoms. The topological polar surface area (TPSA) is 115 Å². The first-order valence-electron chi connectivity index (χ1n) is 13.1. The molecule has 0 bridgehead atoms. The molecule has 1 amide bonds. The third kappa shape index (κ3) is 5.86. The Balaban J connectivity index is 1.84. The third-order valence-electron chi connectivity index (χ3n) is 6.44. The minimum absolute atomic E-state index is 0.0928. The van der Waals surface area contributed by atoms with Gasteiger partial charge in [-0.25, -0.2) is 9.78 Å². The number of carbonyl (C=O) groups is 3. The number of methoxy groups -OCH3 is 1. The van der Waals surface area contributed by atoms with Crippen molar-refractivity contribution in [1.82, 2.24) is 4.98 Å². The number of hydrogen-bond acceptors (Lipinski definition) is 9. The smallest absolute Gasteiger partial charge is 0.350 e. The average molecular weight is 565 g/mol. The summed E-state index contributed by atoms with van der Waals surface area (Å²) in [6.07, 6.45) is 2.99. The lowest BCUT2D eigenvalue weighted by molar-refractivity contribution is -0.132. The number of aliphatic hydroxyl groups is 1. The Morgan fingerprint density at radius 1 is 1.05 bits per heavy atom. The summed E-state index contributed by atoms with van der Waals surface area (Å²) in [5.41, 5.74) is 1.17. The van der Waals surface area contributed by atoms with Crippen molar-refractivity contribution in [2.45, 2.75) is 46.1 Å². The Kier molecular flexibility index (Phi) is 9.21. The summed E-state index contributed by atoms with van der Waals surface area (Å²) in [6.45, 7) is 6.61. The van der Waals surface area contributed by atoms with E-state index in [0.29, 0.717) is 41.5 Å². The molecule has 40 heavy (non-hydrogen) atoms. The van der Waals surface area contributed by atoms with Crippen molar-refractivity contribution in [3.8, 4) is 11.5 Å². The Hall–Kier alpha value is -4.18. The van der Waals surface area contributed by atoms with Crippen molar-refractivity contribution in [3.05, 3.63) is 75.8 Å². The number of amides is 1. The van der Waals surface area contributed by atoms with Gasteiger partial charge < -0.3 is 19.3 Å². The van der Waals surface area contributed by atoms with E-state index >= 15 is 0 Å². The van der Waals surface area contributed by atoms with Gasteiger partial charge in [0.05, 0.1) is 37.6 Å². The second-order valence-corrected chi connectivity index (χ2v) is 10.1. The number of benzene rings is 2. The molecule has 1 fully saturated rings. The first kappa shape index (κ1) is 28.8. The molecule has 1 aromatic heterocycles. The minimum Gasteiger partial charge on any atom is -0.507 e. The zero-order chi connectivity index (χ0) is 28.8. The molecule has 0 radical (unpaired) electrons. The number of ether oxygens (including phenoxy) is 3. The van der Waals surface area contributed by atoms with Gasteiger partial charge >= 0.3 is 11.9 Å². The molecule has 3 aromatic rings. The number of carbonyl (C=O) groups excluding carboxylic acids is 3. The fourth-order valence-corrected chi connectivity index (χ4v) is 5.47. The second-order valence-electron chi connectivity index (χ2n) is 9.16. The van der Waals surface area contributed by atoms with Crippen molar-refractivity contribution in [2.75, 3.05) is 25.2 Å². The summed E-state index contributed by atoms with van der Waals surface area (Å²) in [5.74, 6) is -1.46. The predicted molar refractivity (Wildman–Crippen MR) is 152 cm³/mol. The van der Waals surface area contributed by atoms with Crippen LogP contribution in [0.1, 0.15) is 65.6 Å². The van der Waals surface area contributed by atoms with Gasteiger partial charge in [-0.05, 0) is 62.2 Å². The Labute approximate surface area is 237 Å². The highest BCUT2D eigenvalue weighted by Crippen LogP contribution is 2.44. The Morgan fingerprint density at radius 3 is 2.48 bits per heavy atom. The molecule has 1 unspecified atom stereocenters. The number of ketones is 1. The average Bonchev–Trinajstić information content (AvgIpc) is 3.47. The summed E-state index contributed by atoms with van der Waals surface area (Å²) in [7, 11) is 1.26. The molecule has 1 atom stereocenters. The van der Waals surface area contributed by atoms with Crippen LogP contribution in [0.3, 0.4) is 0 Å². The van der Waals surface area contributed by atoms with Crippen LogP contribution in [0.15, 0.2) is 54.1 Å². The molecule has 0 saturated carbocycles. The highest BCUT2D eigenvalue weighted by molar-refractivity contribution is 7.17. The molecule has 2 aromatic carbocycles. The fraction of sp³-hybridized carbons (Fsp3) is 0.333. The molecule has 0 spiro atoms. The number of nitrogens with zero attached hydrogens (tertiary/aromatic N) is 2. The molecule has 1 N–H and O–H groups in total. The van der Waals surface area contributed by atoms with E-state index in [1.807, 2.05) is 6.92 Å². The lowest BCUT2D eigenvalue weighted by Gasteiger charge is -2.23. The SMILES string of the molecule is CCCCCOc1cccc(C2/C(=C(\O)c3ccc(OCC)cc3)C(=O)C(=O)N2c2nc(C)c(C(=O)OC)s2)c1. The zero-order valence-electron chi connectivity index (χ0n) is 22.9. The van der Waals surface area contributed by atoms with E-state index in [-0.39, 0.29) is 21.3 Å². The van der Waals surface area contributed by atoms with Crippen LogP contribution in [0, 0.1) is 6.92 Å². The second kappa shape index (κ2) is 12.8. The van der Waals surface area contributed by atoms with E-state index < -0.39 is 23.7 Å². The van der Waals surface area contributed by atoms with Gasteiger partial charge in [0.2, 0.25) is 0 Å². The molecule has 4 rings (SSSR count). The number of esters is 1. The first-order chi connectivity index (χ1) is 19.3. The summed E-state index contributed by atoms with van der Waals surface area (Å²) >= 11 is 0.949. The van der Waals surface area contributed by atoms with Gasteiger partial charge in [0.15, 0.2) is 5.13 Å². The number of unbranched alkanes of at least 4 members (excludes halogenated alkanes) is 2. The standard InChI is InChI=1S/C30H32N2O7S/c1-5-7-8-16-39-22-11-9-10-20(17-22)24-23(25(33)19-12-14-21(15-13-19)38-6-2)26(34)28(35)32(24)30-31-18(3)27(40-30)29(36)37-4/h9-15,17,24,33H,5-8,16H2,1-4H3/b25-23+. The van der Waals surface area contributed by atoms with Crippen LogP contribution in [-0.4, -0.2) is 48.1 Å². The molecule has 1 aliphatic heterocycles. The zero-order valence-corrected chi connectivity index (χ0v) is 23.7. The number of aliphatic hydroxyl groups excluding tert-OH is 1. The van der Waals surface area contributed by atoms with Crippen molar-refractivity contribution in [2.24, 2.45) is 0 Å². The quantitative estimate of drug-likeness (QED) is 0.102. The van der Waals surface area contributed by atoms with Crippen LogP contribution in [0.5, 0.6) is 11.5 Å². The number of hydrogen-bond donors (Lipinski definition) is 1. The molecule has 210 valence electrons. The van der Waals surface area contributed by atoms with Gasteiger partial charge in [-0.3, -0.25) is 14.5 Å². The molecular weight excluding hydrogens is 532 g/mol. The summed E-state index contributed by atoms with van der Waals surface area (Å²) in [5, 5.41) is 11.5. The van der Waals surface area contributed by atoms with Crippen molar-refractivity contribution in [1.29, 1.82) is 0 Å².